The molecule has 0 aliphatic heterocycles. The molecule has 0 saturated heterocycles. The van der Waals surface area contributed by atoms with Crippen molar-refractivity contribution < 1.29 is 13.0 Å². The summed E-state index contributed by atoms with van der Waals surface area (Å²) >= 11 is 3.17. The summed E-state index contributed by atoms with van der Waals surface area (Å²) in [6.45, 7) is 1.90. The molecule has 2 heterocycles. The van der Waals surface area contributed by atoms with Gasteiger partial charge in [0, 0.05) is 17.0 Å². The van der Waals surface area contributed by atoms with Crippen LogP contribution in [-0.4, -0.2) is 28.2 Å². The highest BCUT2D eigenvalue weighted by Gasteiger charge is 2.28. The number of aromatic nitrogens is 3. The molecule has 1 aliphatic rings. The van der Waals surface area contributed by atoms with Crippen molar-refractivity contribution in [3.05, 3.63) is 50.9 Å². The average Bonchev–Trinajstić information content (AvgIpc) is 3.21. The van der Waals surface area contributed by atoms with Crippen LogP contribution in [0.3, 0.4) is 0 Å². The number of hydrogen-bond donors (Lipinski definition) is 2. The molecule has 4 rings (SSSR count). The Balaban J connectivity index is 1.54. The highest BCUT2D eigenvalue weighted by Crippen LogP contribution is 2.42. The van der Waals surface area contributed by atoms with Gasteiger partial charge < -0.3 is 9.87 Å². The van der Waals surface area contributed by atoms with Crippen molar-refractivity contribution in [2.75, 3.05) is 10.0 Å². The van der Waals surface area contributed by atoms with Crippen LogP contribution in [-0.2, 0) is 16.7 Å². The lowest BCUT2D eigenvalue weighted by atomic mass is 10.0. The first-order valence-corrected chi connectivity index (χ1v) is 11.8. The van der Waals surface area contributed by atoms with Crippen LogP contribution in [0.4, 0.5) is 10.8 Å². The second kappa shape index (κ2) is 7.74. The van der Waals surface area contributed by atoms with E-state index in [-0.39, 0.29) is 11.7 Å². The maximum absolute atomic E-state index is 10.8. The van der Waals surface area contributed by atoms with Gasteiger partial charge in [-0.2, -0.15) is 0 Å². The van der Waals surface area contributed by atoms with Gasteiger partial charge >= 0.3 is 0 Å². The van der Waals surface area contributed by atoms with Crippen molar-refractivity contribution in [2.24, 2.45) is 0 Å². The van der Waals surface area contributed by atoms with Gasteiger partial charge in [-0.25, -0.2) is 13.4 Å². The van der Waals surface area contributed by atoms with Crippen LogP contribution in [0.2, 0.25) is 0 Å². The highest BCUT2D eigenvalue weighted by atomic mass is 32.2. The molecule has 11 heteroatoms. The van der Waals surface area contributed by atoms with Gasteiger partial charge in [-0.1, -0.05) is 23.5 Å². The fraction of sp³-hybridized carbons (Fsp3) is 0.353. The fourth-order valence-electron chi connectivity index (χ4n) is 2.80. The second-order valence-corrected chi connectivity index (χ2v) is 9.85. The summed E-state index contributed by atoms with van der Waals surface area (Å²) in [5.74, 6) is 0.600. The molecule has 1 atom stereocenters. The van der Waals surface area contributed by atoms with Crippen molar-refractivity contribution in [1.29, 1.82) is 0 Å². The zero-order valence-corrected chi connectivity index (χ0v) is 17.4. The van der Waals surface area contributed by atoms with Gasteiger partial charge in [0.05, 0.1) is 16.7 Å². The zero-order valence-electron chi connectivity index (χ0n) is 15.0. The van der Waals surface area contributed by atoms with E-state index in [0.29, 0.717) is 12.3 Å². The summed E-state index contributed by atoms with van der Waals surface area (Å²) in [5, 5.41) is 16.5. The second-order valence-electron chi connectivity index (χ2n) is 6.67. The zero-order chi connectivity index (χ0) is 19.7. The van der Waals surface area contributed by atoms with Crippen molar-refractivity contribution >= 4 is 43.8 Å². The van der Waals surface area contributed by atoms with Gasteiger partial charge in [-0.05, 0) is 43.9 Å². The average molecular weight is 437 g/mol. The molecule has 8 nitrogen and oxygen atoms in total. The van der Waals surface area contributed by atoms with E-state index in [1.807, 2.05) is 11.6 Å². The number of nitrogens with one attached hydrogen (secondary N) is 2. The summed E-state index contributed by atoms with van der Waals surface area (Å²) in [4.78, 5) is 4.82. The van der Waals surface area contributed by atoms with Crippen LogP contribution in [0.15, 0.2) is 29.6 Å². The predicted molar refractivity (Wildman–Crippen MR) is 109 cm³/mol. The molecule has 1 fully saturated rings. The monoisotopic (exact) mass is 436 g/mol. The van der Waals surface area contributed by atoms with E-state index in [4.69, 9.17) is 4.98 Å². The van der Waals surface area contributed by atoms with E-state index < -0.39 is 10.3 Å². The minimum atomic E-state index is -4.53. The molecule has 1 saturated carbocycles. The van der Waals surface area contributed by atoms with Gasteiger partial charge in [-0.3, -0.25) is 4.72 Å². The number of aryl methyl sites for hydroxylation is 1. The van der Waals surface area contributed by atoms with E-state index in [1.54, 1.807) is 35.6 Å². The molecule has 0 bridgehead atoms. The Kier molecular flexibility index (Phi) is 5.32. The Morgan fingerprint density at radius 3 is 2.61 bits per heavy atom. The van der Waals surface area contributed by atoms with Gasteiger partial charge in [0.2, 0.25) is 5.13 Å². The van der Waals surface area contributed by atoms with Gasteiger partial charge in [0.25, 0.3) is 0 Å². The van der Waals surface area contributed by atoms with Crippen LogP contribution < -0.4 is 10.0 Å². The molecule has 28 heavy (non-hydrogen) atoms. The van der Waals surface area contributed by atoms with E-state index in [2.05, 4.69) is 20.9 Å². The highest BCUT2D eigenvalue weighted by molar-refractivity contribution is 7.87. The molecular formula is C17H18N5O3S3-. The van der Waals surface area contributed by atoms with Crippen molar-refractivity contribution in [3.63, 3.8) is 0 Å². The van der Waals surface area contributed by atoms with Crippen LogP contribution in [0.1, 0.15) is 46.1 Å². The van der Waals surface area contributed by atoms with E-state index >= 15 is 0 Å². The fourth-order valence-corrected chi connectivity index (χ4v) is 4.91. The number of anilines is 2. The lowest BCUT2D eigenvalue weighted by Gasteiger charge is -2.17. The van der Waals surface area contributed by atoms with Crippen molar-refractivity contribution in [1.82, 2.24) is 15.2 Å². The molecule has 148 valence electrons. The summed E-state index contributed by atoms with van der Waals surface area (Å²) in [7, 11) is -4.53. The van der Waals surface area contributed by atoms with Crippen LogP contribution in [0, 0.1) is 6.92 Å². The summed E-state index contributed by atoms with van der Waals surface area (Å²) in [6, 6.07) is 6.66. The van der Waals surface area contributed by atoms with Crippen LogP contribution in [0.25, 0.3) is 0 Å². The largest absolute Gasteiger partial charge is 0.731 e. The smallest absolute Gasteiger partial charge is 0.206 e. The molecule has 3 aromatic rings. The molecule has 1 aliphatic carbocycles. The Bertz CT molecular complexity index is 1060. The molecule has 0 spiro atoms. The first-order valence-electron chi connectivity index (χ1n) is 8.70. The number of rotatable bonds is 8. The first kappa shape index (κ1) is 19.2. The number of nitrogens with zero attached hydrogens (tertiary/aromatic N) is 3. The minimum absolute atomic E-state index is 0.0850. The van der Waals surface area contributed by atoms with Crippen LogP contribution >= 0.6 is 22.7 Å². The van der Waals surface area contributed by atoms with Gasteiger partial charge in [0.1, 0.15) is 5.01 Å². The maximum Gasteiger partial charge on any atom is 0.206 e. The van der Waals surface area contributed by atoms with Crippen molar-refractivity contribution in [2.45, 2.75) is 38.1 Å². The lowest BCUT2D eigenvalue weighted by molar-refractivity contribution is 0.469. The lowest BCUT2D eigenvalue weighted by Crippen LogP contribution is -2.14. The molecule has 0 amide bonds. The van der Waals surface area contributed by atoms with Crippen LogP contribution in [0.5, 0.6) is 0 Å². The Hall–Kier alpha value is -2.08. The third-order valence-electron chi connectivity index (χ3n) is 4.28. The van der Waals surface area contributed by atoms with E-state index in [0.717, 1.165) is 21.4 Å². The molecule has 2 N–H and O–H groups in total. The standard InChI is InChI=1S/C17H19N5O3S3/c1-10-20-21-17(27-10)19-14(15-9-26-16(18-15)12-4-5-12)8-11-2-6-13(7-3-11)22-28(23,24)25/h2-3,6-7,9,12,14,22H,4-5,8H2,1H3,(H,19,21)(H,23,24,25)/p-1/t14-/m0/s1. The molecule has 0 radical (unpaired) electrons. The summed E-state index contributed by atoms with van der Waals surface area (Å²) in [6.07, 6.45) is 3.05. The normalized spacial score (nSPS) is 15.4. The quantitative estimate of drug-likeness (QED) is 0.519. The molecular weight excluding hydrogens is 418 g/mol. The first-order chi connectivity index (χ1) is 13.4. The van der Waals surface area contributed by atoms with Crippen molar-refractivity contribution in [3.8, 4) is 0 Å². The molecule has 2 aromatic heterocycles. The maximum atomic E-state index is 10.8. The number of benzene rings is 1. The SMILES string of the molecule is Cc1nnc(N[C@@H](Cc2ccc(NS(=O)(=O)[O-])cc2)c2csc(C3CC3)n2)s1. The van der Waals surface area contributed by atoms with Gasteiger partial charge in [-0.15, -0.1) is 21.5 Å². The predicted octanol–water partition coefficient (Wildman–Crippen LogP) is 3.45. The van der Waals surface area contributed by atoms with E-state index in [1.165, 1.54) is 29.2 Å². The number of hydrogen-bond acceptors (Lipinski definition) is 9. The molecule has 0 unspecified atom stereocenters. The third kappa shape index (κ3) is 5.04. The molecule has 1 aromatic carbocycles. The van der Waals surface area contributed by atoms with Gasteiger partial charge in [0.15, 0.2) is 10.3 Å². The Morgan fingerprint density at radius 1 is 1.25 bits per heavy atom. The Labute approximate surface area is 171 Å². The topological polar surface area (TPSA) is 120 Å². The third-order valence-corrected chi connectivity index (χ3v) is 6.56. The summed E-state index contributed by atoms with van der Waals surface area (Å²) in [5.41, 5.74) is 2.19. The Morgan fingerprint density at radius 2 is 2.00 bits per heavy atom. The summed E-state index contributed by atoms with van der Waals surface area (Å²) < 4.78 is 34.4. The number of thiazole rings is 1. The van der Waals surface area contributed by atoms with E-state index in [9.17, 15) is 13.0 Å². The minimum Gasteiger partial charge on any atom is -0.731 e.